The first-order chi connectivity index (χ1) is 16.4. The number of carbonyl (C=O) groups excluding carboxylic acids is 1. The van der Waals surface area contributed by atoms with E-state index in [4.69, 9.17) is 9.47 Å². The lowest BCUT2D eigenvalue weighted by Crippen LogP contribution is -2.01. The summed E-state index contributed by atoms with van der Waals surface area (Å²) < 4.78 is 11.3. The van der Waals surface area contributed by atoms with Crippen LogP contribution in [0.5, 0.6) is 23.0 Å². The predicted octanol–water partition coefficient (Wildman–Crippen LogP) is 6.32. The van der Waals surface area contributed by atoms with E-state index in [2.05, 4.69) is 0 Å². The van der Waals surface area contributed by atoms with Crippen molar-refractivity contribution in [1.29, 1.82) is 0 Å². The van der Waals surface area contributed by atoms with Crippen molar-refractivity contribution in [2.24, 2.45) is 0 Å². The van der Waals surface area contributed by atoms with E-state index in [0.717, 1.165) is 0 Å². The molecule has 9 nitrogen and oxygen atoms in total. The van der Waals surface area contributed by atoms with E-state index in [1.54, 1.807) is 48.5 Å². The van der Waals surface area contributed by atoms with Gasteiger partial charge < -0.3 is 9.47 Å². The van der Waals surface area contributed by atoms with Crippen molar-refractivity contribution in [3.63, 3.8) is 0 Å². The van der Waals surface area contributed by atoms with Gasteiger partial charge in [-0.2, -0.15) is 0 Å². The van der Waals surface area contributed by atoms with Crippen molar-refractivity contribution in [2.45, 2.75) is 0 Å². The van der Waals surface area contributed by atoms with Gasteiger partial charge in [0.1, 0.15) is 23.0 Å². The van der Waals surface area contributed by atoms with Crippen molar-refractivity contribution < 1.29 is 24.1 Å². The normalized spacial score (nSPS) is 10.4. The van der Waals surface area contributed by atoms with Crippen molar-refractivity contribution in [3.05, 3.63) is 128 Å². The van der Waals surface area contributed by atoms with Gasteiger partial charge in [0.2, 0.25) is 0 Å². The Bertz CT molecular complexity index is 1230. The number of benzene rings is 4. The lowest BCUT2D eigenvalue weighted by molar-refractivity contribution is -0.385. The monoisotopic (exact) mass is 456 g/mol. The molecule has 0 fully saturated rings. The quantitative estimate of drug-likeness (QED) is 0.173. The maximum absolute atomic E-state index is 12.8. The van der Waals surface area contributed by atoms with Gasteiger partial charge in [-0.05, 0) is 72.8 Å². The largest absolute Gasteiger partial charge is 0.457 e. The highest BCUT2D eigenvalue weighted by Crippen LogP contribution is 2.26. The van der Waals surface area contributed by atoms with Crippen LogP contribution in [0.2, 0.25) is 0 Å². The standard InChI is InChI=1S/C25H16N2O7/c28-25(17-1-9-21(10-2-17)33-23-13-5-19(6-14-23)26(29)30)18-3-11-22(12-4-18)34-24-15-7-20(8-16-24)27(31)32/h1-16H. The molecule has 0 atom stereocenters. The van der Waals surface area contributed by atoms with Crippen LogP contribution in [0.1, 0.15) is 15.9 Å². The number of nitro benzene ring substituents is 2. The molecule has 0 radical (unpaired) electrons. The first-order valence-electron chi connectivity index (χ1n) is 9.98. The van der Waals surface area contributed by atoms with Gasteiger partial charge in [-0.1, -0.05) is 0 Å². The number of non-ortho nitro benzene ring substituents is 2. The molecular weight excluding hydrogens is 440 g/mol. The number of hydrogen-bond acceptors (Lipinski definition) is 7. The minimum atomic E-state index is -0.488. The van der Waals surface area contributed by atoms with Crippen LogP contribution in [0, 0.1) is 20.2 Å². The molecule has 0 N–H and O–H groups in total. The second kappa shape index (κ2) is 9.61. The summed E-state index contributed by atoms with van der Waals surface area (Å²) in [7, 11) is 0. The Morgan fingerprint density at radius 2 is 0.765 bits per heavy atom. The average molecular weight is 456 g/mol. The molecule has 0 saturated carbocycles. The molecule has 4 aromatic carbocycles. The first-order valence-corrected chi connectivity index (χ1v) is 9.98. The van der Waals surface area contributed by atoms with Gasteiger partial charge in [0.05, 0.1) is 9.85 Å². The van der Waals surface area contributed by atoms with Crippen molar-refractivity contribution in [1.82, 2.24) is 0 Å². The third kappa shape index (κ3) is 5.22. The van der Waals surface area contributed by atoms with Crippen LogP contribution in [0.25, 0.3) is 0 Å². The zero-order chi connectivity index (χ0) is 24.1. The molecule has 0 bridgehead atoms. The van der Waals surface area contributed by atoms with Gasteiger partial charge >= 0.3 is 0 Å². The maximum Gasteiger partial charge on any atom is 0.269 e. The van der Waals surface area contributed by atoms with Crippen LogP contribution >= 0.6 is 0 Å². The molecule has 0 aliphatic heterocycles. The molecule has 168 valence electrons. The number of carbonyl (C=O) groups is 1. The lowest BCUT2D eigenvalue weighted by Gasteiger charge is -2.08. The fourth-order valence-electron chi connectivity index (χ4n) is 3.06. The molecule has 0 saturated heterocycles. The SMILES string of the molecule is O=C(c1ccc(Oc2ccc([N+](=O)[O-])cc2)cc1)c1ccc(Oc2ccc([N+](=O)[O-])cc2)cc1. The number of ether oxygens (including phenoxy) is 2. The van der Waals surface area contributed by atoms with E-state index in [9.17, 15) is 25.0 Å². The second-order valence-corrected chi connectivity index (χ2v) is 7.08. The summed E-state index contributed by atoms with van der Waals surface area (Å²) in [6, 6.07) is 24.5. The average Bonchev–Trinajstić information content (AvgIpc) is 2.85. The summed E-state index contributed by atoms with van der Waals surface area (Å²) >= 11 is 0. The maximum atomic E-state index is 12.8. The van der Waals surface area contributed by atoms with Gasteiger partial charge in [-0.15, -0.1) is 0 Å². The van der Waals surface area contributed by atoms with Crippen LogP contribution in [0.15, 0.2) is 97.1 Å². The lowest BCUT2D eigenvalue weighted by atomic mass is 10.0. The Morgan fingerprint density at radius 1 is 0.500 bits per heavy atom. The molecule has 0 amide bonds. The van der Waals surface area contributed by atoms with Crippen LogP contribution < -0.4 is 9.47 Å². The van der Waals surface area contributed by atoms with E-state index in [-0.39, 0.29) is 17.2 Å². The Balaban J connectivity index is 1.39. The van der Waals surface area contributed by atoms with E-state index < -0.39 is 9.85 Å². The second-order valence-electron chi connectivity index (χ2n) is 7.08. The minimum absolute atomic E-state index is 0.0301. The first kappa shape index (κ1) is 22.2. The van der Waals surface area contributed by atoms with Crippen LogP contribution in [-0.2, 0) is 0 Å². The molecule has 0 aliphatic rings. The summed E-state index contributed by atoms with van der Waals surface area (Å²) in [6.45, 7) is 0. The van der Waals surface area contributed by atoms with Gasteiger partial charge in [-0.3, -0.25) is 25.0 Å². The zero-order valence-corrected chi connectivity index (χ0v) is 17.5. The smallest absolute Gasteiger partial charge is 0.269 e. The van der Waals surface area contributed by atoms with Crippen molar-refractivity contribution in [3.8, 4) is 23.0 Å². The van der Waals surface area contributed by atoms with Crippen LogP contribution in [0.3, 0.4) is 0 Å². The zero-order valence-electron chi connectivity index (χ0n) is 17.5. The molecule has 0 unspecified atom stereocenters. The third-order valence-corrected chi connectivity index (χ3v) is 4.80. The third-order valence-electron chi connectivity index (χ3n) is 4.80. The summed E-state index contributed by atoms with van der Waals surface area (Å²) in [6.07, 6.45) is 0. The van der Waals surface area contributed by atoms with E-state index >= 15 is 0 Å². The van der Waals surface area contributed by atoms with Crippen molar-refractivity contribution in [2.75, 3.05) is 0 Å². The molecule has 9 heteroatoms. The number of rotatable bonds is 8. The molecule has 0 aliphatic carbocycles. The number of hydrogen-bond donors (Lipinski definition) is 0. The van der Waals surface area contributed by atoms with E-state index in [1.807, 2.05) is 0 Å². The van der Waals surface area contributed by atoms with Gasteiger partial charge in [0.25, 0.3) is 11.4 Å². The Hall–Kier alpha value is -5.05. The molecule has 4 rings (SSSR count). The van der Waals surface area contributed by atoms with E-state index in [0.29, 0.717) is 34.1 Å². The molecule has 0 aromatic heterocycles. The Kier molecular flexibility index (Phi) is 6.26. The minimum Gasteiger partial charge on any atom is -0.457 e. The van der Waals surface area contributed by atoms with Crippen molar-refractivity contribution >= 4 is 17.2 Å². The summed E-state index contributed by atoms with van der Waals surface area (Å²) in [5.74, 6) is 1.65. The van der Waals surface area contributed by atoms with E-state index in [1.165, 1.54) is 48.5 Å². The van der Waals surface area contributed by atoms with Gasteiger partial charge in [0.15, 0.2) is 5.78 Å². The fourth-order valence-corrected chi connectivity index (χ4v) is 3.06. The fraction of sp³-hybridized carbons (Fsp3) is 0. The number of ketones is 1. The number of nitro groups is 2. The molecule has 0 spiro atoms. The molecule has 0 heterocycles. The molecule has 4 aromatic rings. The topological polar surface area (TPSA) is 122 Å². The summed E-state index contributed by atoms with van der Waals surface area (Å²) in [5.41, 5.74) is 0.857. The number of nitrogens with zero attached hydrogens (tertiary/aromatic N) is 2. The van der Waals surface area contributed by atoms with Gasteiger partial charge in [-0.25, -0.2) is 0 Å². The molecular formula is C25H16N2O7. The highest BCUT2D eigenvalue weighted by atomic mass is 16.6. The predicted molar refractivity (Wildman–Crippen MR) is 123 cm³/mol. The molecule has 34 heavy (non-hydrogen) atoms. The summed E-state index contributed by atoms with van der Waals surface area (Å²) in [4.78, 5) is 33.3. The van der Waals surface area contributed by atoms with Crippen LogP contribution in [-0.4, -0.2) is 15.6 Å². The Labute approximate surface area is 193 Å². The van der Waals surface area contributed by atoms with Crippen LogP contribution in [0.4, 0.5) is 11.4 Å². The highest BCUT2D eigenvalue weighted by molar-refractivity contribution is 6.09. The summed E-state index contributed by atoms with van der Waals surface area (Å²) in [5, 5.41) is 21.5. The Morgan fingerprint density at radius 3 is 1.03 bits per heavy atom. The van der Waals surface area contributed by atoms with Gasteiger partial charge in [0, 0.05) is 35.4 Å². The highest BCUT2D eigenvalue weighted by Gasteiger charge is 2.11.